The molecule has 2 N–H and O–H groups in total. The molecule has 0 spiro atoms. The van der Waals surface area contributed by atoms with E-state index in [4.69, 9.17) is 0 Å². The smallest absolute Gasteiger partial charge is 0.231 e. The van der Waals surface area contributed by atoms with Crippen LogP contribution in [0.3, 0.4) is 0 Å². The van der Waals surface area contributed by atoms with Crippen molar-refractivity contribution in [3.8, 4) is 17.0 Å². The Morgan fingerprint density at radius 1 is 1.00 bits per heavy atom. The van der Waals surface area contributed by atoms with Gasteiger partial charge >= 0.3 is 0 Å². The molecule has 2 aromatic carbocycles. The number of halogens is 1. The summed E-state index contributed by atoms with van der Waals surface area (Å²) in [5, 5.41) is 10.4. The quantitative estimate of drug-likeness (QED) is 0.702. The fraction of sp³-hybridized carbons (Fsp3) is 0. The highest BCUT2D eigenvalue weighted by Gasteiger charge is 2.12. The largest absolute Gasteiger partial charge is 0.503 e. The summed E-state index contributed by atoms with van der Waals surface area (Å²) >= 11 is 0. The molecule has 3 aromatic rings. The summed E-state index contributed by atoms with van der Waals surface area (Å²) in [6.45, 7) is 0. The molecular formula is C15H10FNO2. The Balaban J connectivity index is 2.33. The van der Waals surface area contributed by atoms with Crippen LogP contribution in [0.1, 0.15) is 0 Å². The summed E-state index contributed by atoms with van der Waals surface area (Å²) in [5.41, 5.74) is 1.05. The van der Waals surface area contributed by atoms with E-state index in [1.165, 1.54) is 24.3 Å². The van der Waals surface area contributed by atoms with Gasteiger partial charge in [-0.1, -0.05) is 12.1 Å². The lowest BCUT2D eigenvalue weighted by atomic mass is 10.1. The highest BCUT2D eigenvalue weighted by Crippen LogP contribution is 2.26. The highest BCUT2D eigenvalue weighted by atomic mass is 19.1. The van der Waals surface area contributed by atoms with E-state index in [0.29, 0.717) is 22.2 Å². The van der Waals surface area contributed by atoms with E-state index in [9.17, 15) is 14.3 Å². The van der Waals surface area contributed by atoms with Gasteiger partial charge < -0.3 is 10.1 Å². The Labute approximate surface area is 108 Å². The van der Waals surface area contributed by atoms with Gasteiger partial charge in [-0.3, -0.25) is 4.79 Å². The Kier molecular flexibility index (Phi) is 2.56. The summed E-state index contributed by atoms with van der Waals surface area (Å²) in [6.07, 6.45) is 0. The minimum atomic E-state index is -0.436. The van der Waals surface area contributed by atoms with Gasteiger partial charge in [0.15, 0.2) is 5.75 Å². The van der Waals surface area contributed by atoms with Gasteiger partial charge in [0.1, 0.15) is 5.82 Å². The molecule has 0 aliphatic heterocycles. The second-order valence-corrected chi connectivity index (χ2v) is 4.23. The van der Waals surface area contributed by atoms with Crippen molar-refractivity contribution in [2.75, 3.05) is 0 Å². The number of pyridine rings is 1. The van der Waals surface area contributed by atoms with E-state index in [-0.39, 0.29) is 11.6 Å². The molecule has 0 atom stereocenters. The Morgan fingerprint density at radius 3 is 2.42 bits per heavy atom. The number of nitrogens with one attached hydrogen (secondary N) is 1. The van der Waals surface area contributed by atoms with Gasteiger partial charge in [-0.15, -0.1) is 0 Å². The molecule has 0 aliphatic carbocycles. The lowest BCUT2D eigenvalue weighted by Crippen LogP contribution is -2.04. The average Bonchev–Trinajstić information content (AvgIpc) is 2.44. The molecule has 0 amide bonds. The Bertz CT molecular complexity index is 806. The topological polar surface area (TPSA) is 53.1 Å². The SMILES string of the molecule is O=c1c(O)c(-c2ccc(F)cc2)[nH]c2ccccc12. The maximum Gasteiger partial charge on any atom is 0.231 e. The summed E-state index contributed by atoms with van der Waals surface area (Å²) in [5.74, 6) is -0.725. The molecule has 94 valence electrons. The number of aromatic hydroxyl groups is 1. The third-order valence-corrected chi connectivity index (χ3v) is 3.02. The van der Waals surface area contributed by atoms with Gasteiger partial charge in [-0.05, 0) is 36.4 Å². The van der Waals surface area contributed by atoms with Crippen molar-refractivity contribution >= 4 is 10.9 Å². The first-order valence-electron chi connectivity index (χ1n) is 5.77. The van der Waals surface area contributed by atoms with Crippen LogP contribution in [0.15, 0.2) is 53.3 Å². The normalized spacial score (nSPS) is 10.8. The molecule has 0 radical (unpaired) electrons. The number of hydrogen-bond acceptors (Lipinski definition) is 2. The van der Waals surface area contributed by atoms with E-state index in [1.54, 1.807) is 24.3 Å². The van der Waals surface area contributed by atoms with Crippen LogP contribution in [0.25, 0.3) is 22.2 Å². The van der Waals surface area contributed by atoms with Crippen LogP contribution < -0.4 is 5.43 Å². The average molecular weight is 255 g/mol. The van der Waals surface area contributed by atoms with Crippen LogP contribution in [0, 0.1) is 5.82 Å². The summed E-state index contributed by atoms with van der Waals surface area (Å²) in [7, 11) is 0. The van der Waals surface area contributed by atoms with Crippen LogP contribution >= 0.6 is 0 Å². The van der Waals surface area contributed by atoms with E-state index in [1.807, 2.05) is 0 Å². The zero-order valence-electron chi connectivity index (χ0n) is 9.85. The number of benzene rings is 2. The molecule has 0 unspecified atom stereocenters. The monoisotopic (exact) mass is 255 g/mol. The van der Waals surface area contributed by atoms with Gasteiger partial charge in [-0.25, -0.2) is 4.39 Å². The zero-order valence-corrected chi connectivity index (χ0v) is 9.85. The van der Waals surface area contributed by atoms with Crippen molar-refractivity contribution in [1.82, 2.24) is 4.98 Å². The fourth-order valence-electron chi connectivity index (χ4n) is 2.05. The molecule has 3 nitrogen and oxygen atoms in total. The molecule has 1 aromatic heterocycles. The van der Waals surface area contributed by atoms with Gasteiger partial charge in [-0.2, -0.15) is 0 Å². The minimum Gasteiger partial charge on any atom is -0.503 e. The maximum atomic E-state index is 12.9. The minimum absolute atomic E-state index is 0.295. The molecule has 4 heteroatoms. The second kappa shape index (κ2) is 4.24. The number of hydrogen-bond donors (Lipinski definition) is 2. The number of fused-ring (bicyclic) bond motifs is 1. The van der Waals surface area contributed by atoms with Crippen molar-refractivity contribution in [1.29, 1.82) is 0 Å². The summed E-state index contributed by atoms with van der Waals surface area (Å²) in [4.78, 5) is 15.0. The molecule has 0 saturated carbocycles. The van der Waals surface area contributed by atoms with Gasteiger partial charge in [0.25, 0.3) is 0 Å². The molecule has 0 saturated heterocycles. The predicted octanol–water partition coefficient (Wildman–Crippen LogP) is 3.04. The first kappa shape index (κ1) is 11.5. The third kappa shape index (κ3) is 1.87. The molecule has 1 heterocycles. The standard InChI is InChI=1S/C15H10FNO2/c16-10-7-5-9(6-8-10)13-15(19)14(18)11-3-1-2-4-12(11)17-13/h1-8,19H,(H,17,18). The number of aromatic nitrogens is 1. The maximum absolute atomic E-state index is 12.9. The zero-order chi connectivity index (χ0) is 13.4. The highest BCUT2D eigenvalue weighted by molar-refractivity contribution is 5.84. The van der Waals surface area contributed by atoms with Crippen LogP contribution in [0.4, 0.5) is 4.39 Å². The number of rotatable bonds is 1. The van der Waals surface area contributed by atoms with Gasteiger partial charge in [0.2, 0.25) is 5.43 Å². The number of para-hydroxylation sites is 1. The Hall–Kier alpha value is -2.62. The second-order valence-electron chi connectivity index (χ2n) is 4.23. The van der Waals surface area contributed by atoms with E-state index >= 15 is 0 Å². The lowest BCUT2D eigenvalue weighted by molar-refractivity contribution is 0.471. The third-order valence-electron chi connectivity index (χ3n) is 3.02. The first-order chi connectivity index (χ1) is 9.16. The van der Waals surface area contributed by atoms with Gasteiger partial charge in [0, 0.05) is 16.5 Å². The first-order valence-corrected chi connectivity index (χ1v) is 5.77. The van der Waals surface area contributed by atoms with Crippen LogP contribution in [0.2, 0.25) is 0 Å². The van der Waals surface area contributed by atoms with Crippen LogP contribution in [-0.2, 0) is 0 Å². The van der Waals surface area contributed by atoms with Crippen LogP contribution in [-0.4, -0.2) is 10.1 Å². The van der Waals surface area contributed by atoms with Crippen molar-refractivity contribution < 1.29 is 9.50 Å². The van der Waals surface area contributed by atoms with E-state index < -0.39 is 5.43 Å². The molecule has 0 bridgehead atoms. The van der Waals surface area contributed by atoms with Crippen LogP contribution in [0.5, 0.6) is 5.75 Å². The summed E-state index contributed by atoms with van der Waals surface area (Å²) in [6, 6.07) is 12.5. The molecule has 19 heavy (non-hydrogen) atoms. The fourth-order valence-corrected chi connectivity index (χ4v) is 2.05. The van der Waals surface area contributed by atoms with Crippen molar-refractivity contribution in [3.63, 3.8) is 0 Å². The van der Waals surface area contributed by atoms with E-state index in [0.717, 1.165) is 0 Å². The lowest BCUT2D eigenvalue weighted by Gasteiger charge is -2.07. The molecule has 0 fully saturated rings. The van der Waals surface area contributed by atoms with E-state index in [2.05, 4.69) is 4.98 Å². The number of aromatic amines is 1. The number of H-pyrrole nitrogens is 1. The van der Waals surface area contributed by atoms with Crippen molar-refractivity contribution in [3.05, 3.63) is 64.6 Å². The molecular weight excluding hydrogens is 245 g/mol. The van der Waals surface area contributed by atoms with Crippen molar-refractivity contribution in [2.45, 2.75) is 0 Å². The Morgan fingerprint density at radius 2 is 1.68 bits per heavy atom. The summed E-state index contributed by atoms with van der Waals surface area (Å²) < 4.78 is 12.9. The van der Waals surface area contributed by atoms with Gasteiger partial charge in [0.05, 0.1) is 5.69 Å². The predicted molar refractivity (Wildman–Crippen MR) is 71.6 cm³/mol. The molecule has 3 rings (SSSR count). The van der Waals surface area contributed by atoms with Crippen molar-refractivity contribution in [2.24, 2.45) is 0 Å². The molecule has 0 aliphatic rings.